The van der Waals surface area contributed by atoms with Gasteiger partial charge >= 0.3 is 6.18 Å². The highest BCUT2D eigenvalue weighted by Crippen LogP contribution is 2.40. The van der Waals surface area contributed by atoms with E-state index in [1.54, 1.807) is 47.7 Å². The molecule has 5 aliphatic rings. The van der Waals surface area contributed by atoms with Crippen molar-refractivity contribution in [2.45, 2.75) is 90.0 Å². The number of anilines is 2. The molecular formula is C52H48ClF3N11O11S-. The van der Waals surface area contributed by atoms with E-state index in [4.69, 9.17) is 32.2 Å². The van der Waals surface area contributed by atoms with Gasteiger partial charge in [-0.2, -0.15) is 13.2 Å². The lowest BCUT2D eigenvalue weighted by Crippen LogP contribution is -2.54. The largest absolute Gasteiger partial charge is 0.542 e. The van der Waals surface area contributed by atoms with E-state index in [-0.39, 0.29) is 66.6 Å². The summed E-state index contributed by atoms with van der Waals surface area (Å²) in [6, 6.07) is 14.8. The molecule has 0 saturated carbocycles. The summed E-state index contributed by atoms with van der Waals surface area (Å²) in [5, 5.41) is 29.8. The number of fused-ring (bicyclic) bond motifs is 5. The summed E-state index contributed by atoms with van der Waals surface area (Å²) in [4.78, 5) is 130. The minimum absolute atomic E-state index is 0.00931. The lowest BCUT2D eigenvalue weighted by atomic mass is 9.99. The summed E-state index contributed by atoms with van der Waals surface area (Å²) >= 11 is 7.86. The Labute approximate surface area is 455 Å². The van der Waals surface area contributed by atoms with Crippen molar-refractivity contribution in [3.63, 3.8) is 0 Å². The number of aliphatic carboxylic acids is 1. The molecule has 2 fully saturated rings. The molecule has 3 aromatic carbocycles. The van der Waals surface area contributed by atoms with E-state index in [0.29, 0.717) is 54.1 Å². The van der Waals surface area contributed by atoms with Crippen molar-refractivity contribution < 1.29 is 66.2 Å². The average molecular weight is 1130 g/mol. The van der Waals surface area contributed by atoms with Crippen LogP contribution < -0.4 is 32.1 Å². The molecule has 5 aliphatic heterocycles. The fourth-order valence-electron chi connectivity index (χ4n) is 9.49. The quantitative estimate of drug-likeness (QED) is 0.0827. The van der Waals surface area contributed by atoms with Crippen LogP contribution in [0.5, 0.6) is 0 Å². The molecular weight excluding hydrogens is 1080 g/mol. The predicted octanol–water partition coefficient (Wildman–Crippen LogP) is 3.81. The Morgan fingerprint density at radius 3 is 1.77 bits per heavy atom. The molecule has 5 aromatic rings. The normalized spacial score (nSPS) is 18.4. The molecule has 6 N–H and O–H groups in total. The summed E-state index contributed by atoms with van der Waals surface area (Å²) in [5.74, 6) is -6.00. The third kappa shape index (κ3) is 11.6. The lowest BCUT2D eigenvalue weighted by Gasteiger charge is -2.27. The summed E-state index contributed by atoms with van der Waals surface area (Å²) < 4.78 is 33.6. The molecule has 0 aliphatic carbocycles. The van der Waals surface area contributed by atoms with Crippen LogP contribution in [0.4, 0.5) is 24.5 Å². The van der Waals surface area contributed by atoms with E-state index in [1.807, 2.05) is 35.8 Å². The van der Waals surface area contributed by atoms with E-state index in [0.717, 1.165) is 42.1 Å². The minimum atomic E-state index is -5.19. The molecule has 2 unspecified atom stereocenters. The Kier molecular flexibility index (Phi) is 16.7. The van der Waals surface area contributed by atoms with Gasteiger partial charge in [0, 0.05) is 77.7 Å². The number of nitrogens with two attached hydrogens (primary N) is 1. The van der Waals surface area contributed by atoms with E-state index < -0.39 is 77.5 Å². The standard InChI is InChI=1S/C35H32ClN7O5S.C15H16N4O4.C2HF3O2/c1-17-18(2)49-35-28(17)30(20-9-11-21(36)12-10-20)38-25(31-41-40-19(3)42(31)35)16-22(44)6-5-15-37-24-8-4-7-23-29(24)34(48)43(33(23)47)26-13-14-27(45)39-32(26)46;16-6-7-17-9-3-1-2-8-12(9)15(23)19(14(8)22)10-4-5-11(20)18-13(10)21;3-2(4,5)1(6)7/h4,7-12,25-26,37H,5-6,13-16H2,1-3H3,(H,39,45,46);1-3,10,17H,4-7,16H2,(H,18,20,21);(H,6,7)/p-1/t25-,26?;;/m0../s1. The Bertz CT molecular complexity index is 3410. The first-order chi connectivity index (χ1) is 37.5. The topological polar surface area (TPSA) is 317 Å². The number of benzene rings is 3. The van der Waals surface area contributed by atoms with Gasteiger partial charge in [0.1, 0.15) is 40.7 Å². The van der Waals surface area contributed by atoms with Crippen LogP contribution in [0.3, 0.4) is 0 Å². The van der Waals surface area contributed by atoms with Gasteiger partial charge < -0.3 is 26.3 Å². The van der Waals surface area contributed by atoms with Crippen LogP contribution in [0.1, 0.15) is 126 Å². The highest BCUT2D eigenvalue weighted by molar-refractivity contribution is 7.15. The van der Waals surface area contributed by atoms with Crippen molar-refractivity contribution >= 4 is 99.0 Å². The smallest absolute Gasteiger partial charge is 0.430 e. The second-order valence-corrected chi connectivity index (χ2v) is 20.2. The average Bonchev–Trinajstić information content (AvgIpc) is 4.27. The van der Waals surface area contributed by atoms with E-state index in [9.17, 15) is 56.3 Å². The Morgan fingerprint density at radius 1 is 0.759 bits per heavy atom. The molecule has 3 atom stereocenters. The van der Waals surface area contributed by atoms with Gasteiger partial charge in [-0.1, -0.05) is 35.9 Å². The van der Waals surface area contributed by atoms with Crippen molar-refractivity contribution in [1.82, 2.24) is 35.2 Å². The number of carboxylic acids is 1. The number of imide groups is 4. The predicted molar refractivity (Wildman–Crippen MR) is 275 cm³/mol. The van der Waals surface area contributed by atoms with Crippen molar-refractivity contribution in [1.29, 1.82) is 0 Å². The number of halogens is 4. The number of rotatable bonds is 13. The summed E-state index contributed by atoms with van der Waals surface area (Å²) in [6.45, 7) is 7.24. The molecule has 412 valence electrons. The lowest BCUT2D eigenvalue weighted by molar-refractivity contribution is -0.344. The number of carbonyl (C=O) groups is 10. The molecule has 10 rings (SSSR count). The number of carbonyl (C=O) groups excluding carboxylic acids is 10. The Morgan fingerprint density at radius 2 is 1.28 bits per heavy atom. The zero-order valence-corrected chi connectivity index (χ0v) is 43.8. The number of aliphatic imine (C=N–C) groups is 1. The first-order valence-corrected chi connectivity index (χ1v) is 25.7. The van der Waals surface area contributed by atoms with Crippen molar-refractivity contribution in [2.75, 3.05) is 30.3 Å². The van der Waals surface area contributed by atoms with Crippen molar-refractivity contribution in [3.05, 3.63) is 121 Å². The third-order valence-electron chi connectivity index (χ3n) is 13.4. The second kappa shape index (κ2) is 23.2. The fraction of sp³-hybridized carbons (Fsp3) is 0.327. The molecule has 0 bridgehead atoms. The fourth-order valence-corrected chi connectivity index (χ4v) is 10.8. The number of ketones is 1. The number of nitrogens with zero attached hydrogens (tertiary/aromatic N) is 6. The highest BCUT2D eigenvalue weighted by atomic mass is 35.5. The van der Waals surface area contributed by atoms with Gasteiger partial charge in [0.2, 0.25) is 23.6 Å². The molecule has 7 heterocycles. The van der Waals surface area contributed by atoms with Gasteiger partial charge in [-0.3, -0.25) is 73.1 Å². The third-order valence-corrected chi connectivity index (χ3v) is 14.8. The number of carboxylic acid groups (broad SMARTS) is 1. The number of piperidine rings is 2. The zero-order valence-electron chi connectivity index (χ0n) is 42.2. The van der Waals surface area contributed by atoms with Gasteiger partial charge in [0.25, 0.3) is 23.6 Å². The van der Waals surface area contributed by atoms with Gasteiger partial charge in [-0.05, 0) is 82.0 Å². The van der Waals surface area contributed by atoms with E-state index >= 15 is 0 Å². The van der Waals surface area contributed by atoms with Crippen LogP contribution in [0.2, 0.25) is 5.02 Å². The van der Waals surface area contributed by atoms with Crippen LogP contribution in [-0.2, 0) is 28.8 Å². The maximum absolute atomic E-state index is 13.5. The number of hydrogen-bond donors (Lipinski definition) is 5. The number of aromatic nitrogens is 3. The molecule has 0 spiro atoms. The van der Waals surface area contributed by atoms with Gasteiger partial charge in [0.05, 0.1) is 28.0 Å². The monoisotopic (exact) mass is 1130 g/mol. The molecule has 79 heavy (non-hydrogen) atoms. The maximum atomic E-state index is 13.5. The molecule has 0 radical (unpaired) electrons. The Balaban J connectivity index is 0.000000226. The molecule has 22 nitrogen and oxygen atoms in total. The number of nitrogens with one attached hydrogen (secondary N) is 4. The van der Waals surface area contributed by atoms with Gasteiger partial charge in [-0.15, -0.1) is 21.5 Å². The summed E-state index contributed by atoms with van der Waals surface area (Å²) in [6.07, 6.45) is -4.01. The number of hydrogen-bond acceptors (Lipinski definition) is 18. The van der Waals surface area contributed by atoms with Gasteiger partial charge in [0.15, 0.2) is 5.82 Å². The van der Waals surface area contributed by atoms with Crippen LogP contribution in [0.25, 0.3) is 5.00 Å². The van der Waals surface area contributed by atoms with Crippen LogP contribution in [0.15, 0.2) is 65.7 Å². The number of aryl methyl sites for hydroxylation is 2. The van der Waals surface area contributed by atoms with E-state index in [2.05, 4.69) is 45.3 Å². The number of amides is 8. The summed E-state index contributed by atoms with van der Waals surface area (Å²) in [5.41, 5.74) is 11.1. The van der Waals surface area contributed by atoms with Crippen molar-refractivity contribution in [2.24, 2.45) is 10.7 Å². The maximum Gasteiger partial charge on any atom is 0.430 e. The van der Waals surface area contributed by atoms with Crippen LogP contribution in [0, 0.1) is 20.8 Å². The van der Waals surface area contributed by atoms with Gasteiger partial charge in [-0.25, -0.2) is 0 Å². The van der Waals surface area contributed by atoms with Crippen LogP contribution in [-0.4, -0.2) is 127 Å². The zero-order chi connectivity index (χ0) is 57.2. The first-order valence-electron chi connectivity index (χ1n) is 24.5. The SMILES string of the molecule is Cc1sc2c(c1C)C(c1ccc(Cl)cc1)=N[C@@H](CC(=O)CCCNc1cccc3c1C(=O)N(C1CCC(=O)NC1=O)C3=O)c1nnc(C)n1-2.NCCNc1cccc2c1C(=O)N(C1CCC(=O)NC1=O)C2=O.O=C([O-])C(F)(F)F. The number of alkyl halides is 3. The molecule has 2 saturated heterocycles. The number of thiophene rings is 1. The highest BCUT2D eigenvalue weighted by Gasteiger charge is 2.47. The number of Topliss-reactive ketones (excluding diaryl/α,β-unsaturated/α-hetero) is 1. The first kappa shape index (κ1) is 56.7. The Hall–Kier alpha value is -8.49. The van der Waals surface area contributed by atoms with Crippen molar-refractivity contribution in [3.8, 4) is 5.00 Å². The van der Waals surface area contributed by atoms with E-state index in [1.165, 1.54) is 0 Å². The second-order valence-electron chi connectivity index (χ2n) is 18.5. The molecule has 27 heteroatoms. The van der Waals surface area contributed by atoms with Crippen LogP contribution >= 0.6 is 22.9 Å². The minimum Gasteiger partial charge on any atom is -0.542 e. The summed E-state index contributed by atoms with van der Waals surface area (Å²) in [7, 11) is 0. The molecule has 2 aromatic heterocycles. The molecule has 8 amide bonds.